The van der Waals surface area contributed by atoms with Gasteiger partial charge in [0.2, 0.25) is 5.95 Å². The van der Waals surface area contributed by atoms with Crippen LogP contribution in [-0.4, -0.2) is 67.8 Å². The highest BCUT2D eigenvalue weighted by atomic mass is 127. The predicted molar refractivity (Wildman–Crippen MR) is 178 cm³/mol. The van der Waals surface area contributed by atoms with Crippen LogP contribution < -0.4 is 20.9 Å². The number of benzene rings is 3. The van der Waals surface area contributed by atoms with Gasteiger partial charge in [-0.05, 0) is 70.7 Å². The highest BCUT2D eigenvalue weighted by Gasteiger charge is 2.32. The summed E-state index contributed by atoms with van der Waals surface area (Å²) >= 11 is -0.173. The van der Waals surface area contributed by atoms with Gasteiger partial charge >= 0.3 is 6.18 Å². The van der Waals surface area contributed by atoms with Crippen LogP contribution in [0.25, 0.3) is 0 Å². The molecule has 2 amide bonds. The summed E-state index contributed by atoms with van der Waals surface area (Å²) in [5, 5.41) is 8.33. The lowest BCUT2D eigenvalue weighted by atomic mass is 10.0. The Labute approximate surface area is 271 Å². The Morgan fingerprint density at radius 2 is 1.43 bits per heavy atom. The lowest BCUT2D eigenvalue weighted by Gasteiger charge is -2.34. The summed E-state index contributed by atoms with van der Waals surface area (Å²) in [5.41, 5.74) is 1.51. The van der Waals surface area contributed by atoms with Crippen molar-refractivity contribution in [1.29, 1.82) is 0 Å². The van der Waals surface area contributed by atoms with Crippen LogP contribution in [0.5, 0.6) is 0 Å². The molecule has 0 atom stereocenters. The van der Waals surface area contributed by atoms with Gasteiger partial charge < -0.3 is 25.8 Å². The van der Waals surface area contributed by atoms with Crippen LogP contribution in [0.4, 0.5) is 46.3 Å². The molecule has 3 heterocycles. The van der Waals surface area contributed by atoms with Gasteiger partial charge in [-0.25, -0.2) is 14.4 Å². The first kappa shape index (κ1) is 31.5. The molecule has 1 saturated heterocycles. The zero-order valence-corrected chi connectivity index (χ0v) is 26.6. The molecule has 238 valence electrons. The Morgan fingerprint density at radius 1 is 0.804 bits per heavy atom. The van der Waals surface area contributed by atoms with Crippen LogP contribution in [0.15, 0.2) is 73.1 Å². The third-order valence-electron chi connectivity index (χ3n) is 7.52. The van der Waals surface area contributed by atoms with E-state index in [2.05, 4.69) is 42.8 Å². The average Bonchev–Trinajstić information content (AvgIpc) is 3.88. The van der Waals surface area contributed by atoms with E-state index in [4.69, 9.17) is 0 Å². The van der Waals surface area contributed by atoms with Crippen LogP contribution in [0.3, 0.4) is 0 Å². The number of alkyl halides is 4. The number of hydrogen-bond donors (Lipinski definition) is 3. The van der Waals surface area contributed by atoms with Crippen molar-refractivity contribution in [3.8, 4) is 0 Å². The van der Waals surface area contributed by atoms with E-state index >= 15 is 0 Å². The molecule has 0 saturated carbocycles. The number of anilines is 5. The molecule has 6 rings (SSSR count). The van der Waals surface area contributed by atoms with Gasteiger partial charge in [0.1, 0.15) is 5.82 Å². The third kappa shape index (κ3) is 7.50. The quantitative estimate of drug-likeness (QED) is 0.113. The minimum atomic E-state index is -4.74. The maximum Gasteiger partial charge on any atom is 0.416 e. The van der Waals surface area contributed by atoms with Gasteiger partial charge in [-0.3, -0.25) is 9.59 Å². The summed E-state index contributed by atoms with van der Waals surface area (Å²) in [6.45, 7) is 3.98. The molecule has 0 unspecified atom stereocenters. The van der Waals surface area contributed by atoms with Crippen LogP contribution in [-0.2, 0) is 6.18 Å². The highest BCUT2D eigenvalue weighted by Crippen LogP contribution is 2.32. The molecular weight excluding hydrogens is 717 g/mol. The van der Waals surface area contributed by atoms with Crippen molar-refractivity contribution in [1.82, 2.24) is 14.9 Å². The molecule has 3 aromatic carbocycles. The minimum Gasteiger partial charge on any atom is -0.369 e. The van der Waals surface area contributed by atoms with Crippen LogP contribution >= 0.6 is 20.7 Å². The Kier molecular flexibility index (Phi) is 8.99. The van der Waals surface area contributed by atoms with Gasteiger partial charge in [-0.15, -0.1) is 20.7 Å². The van der Waals surface area contributed by atoms with E-state index in [-0.39, 0.29) is 32.0 Å². The lowest BCUT2D eigenvalue weighted by Crippen LogP contribution is -2.44. The number of nitrogens with zero attached hydrogens (tertiary/aromatic N) is 4. The second-order valence-electron chi connectivity index (χ2n) is 10.8. The smallest absolute Gasteiger partial charge is 0.369 e. The molecule has 14 heteroatoms. The zero-order chi connectivity index (χ0) is 32.4. The Morgan fingerprint density at radius 3 is 2.09 bits per heavy atom. The maximum absolute atomic E-state index is 14.3. The third-order valence-corrected chi connectivity index (χ3v) is 9.63. The molecule has 46 heavy (non-hydrogen) atoms. The molecular formula is C32H28F4IN7O2. The number of carbonyl (C=O) groups excluding carboxylic acids is 2. The lowest BCUT2D eigenvalue weighted by molar-refractivity contribution is -0.137. The minimum absolute atomic E-state index is 0.129. The molecule has 0 radical (unpaired) electrons. The normalized spacial score (nSPS) is 15.0. The molecule has 3 N–H and O–H groups in total. The number of carbonyl (C=O) groups is 2. The van der Waals surface area contributed by atoms with Gasteiger partial charge in [0, 0.05) is 53.2 Å². The molecule has 0 spiro atoms. The number of aromatic nitrogens is 2. The van der Waals surface area contributed by atoms with E-state index in [1.54, 1.807) is 6.07 Å². The summed E-state index contributed by atoms with van der Waals surface area (Å²) in [6.07, 6.45) is -1.82. The molecule has 4 aromatic rings. The number of halogens is 5. The van der Waals surface area contributed by atoms with Crippen LogP contribution in [0.1, 0.15) is 31.8 Å². The number of amides is 2. The summed E-state index contributed by atoms with van der Waals surface area (Å²) in [7, 11) is 2.12. The van der Waals surface area contributed by atoms with E-state index < -0.39 is 34.9 Å². The number of rotatable bonds is 8. The van der Waals surface area contributed by atoms with Gasteiger partial charge in [0.15, 0.2) is 0 Å². The maximum atomic E-state index is 14.3. The second-order valence-corrected chi connectivity index (χ2v) is 13.6. The van der Waals surface area contributed by atoms with Crippen molar-refractivity contribution in [2.45, 2.75) is 6.18 Å². The SMILES string of the molecule is CN1CCN(c2ccc(Nc3ncc(NC(=O)c4cc(NC(=O)c5cc(C(F)(F)F)ccc5F)ccc4C4=IC4)cn3)cc2)CC1. The Hall–Kier alpha value is -4.44. The molecule has 1 aromatic heterocycles. The Bertz CT molecular complexity index is 1810. The summed E-state index contributed by atoms with van der Waals surface area (Å²) in [4.78, 5) is 39.3. The molecule has 1 fully saturated rings. The number of hydrogen-bond acceptors (Lipinski definition) is 7. The van der Waals surface area contributed by atoms with E-state index in [9.17, 15) is 27.2 Å². The van der Waals surface area contributed by atoms with E-state index in [1.165, 1.54) is 24.5 Å². The van der Waals surface area contributed by atoms with Gasteiger partial charge in [0.05, 0.1) is 29.2 Å². The Balaban J connectivity index is 1.12. The second kappa shape index (κ2) is 13.1. The van der Waals surface area contributed by atoms with Crippen molar-refractivity contribution in [2.75, 3.05) is 58.5 Å². The van der Waals surface area contributed by atoms with Gasteiger partial charge in [0.25, 0.3) is 11.8 Å². The first-order valence-electron chi connectivity index (χ1n) is 14.2. The highest BCUT2D eigenvalue weighted by molar-refractivity contribution is 14.2. The van der Waals surface area contributed by atoms with E-state index in [0.29, 0.717) is 29.8 Å². The van der Waals surface area contributed by atoms with Gasteiger partial charge in [-0.1, -0.05) is 6.07 Å². The summed E-state index contributed by atoms with van der Waals surface area (Å²) in [6, 6.07) is 14.3. The molecule has 2 aliphatic rings. The van der Waals surface area contributed by atoms with Crippen molar-refractivity contribution < 1.29 is 27.2 Å². The zero-order valence-electron chi connectivity index (χ0n) is 24.5. The number of piperazine rings is 1. The first-order chi connectivity index (χ1) is 22.0. The fourth-order valence-electron chi connectivity index (χ4n) is 4.90. The van der Waals surface area contributed by atoms with Crippen molar-refractivity contribution >= 4 is 64.8 Å². The molecule has 9 nitrogen and oxygen atoms in total. The predicted octanol–water partition coefficient (Wildman–Crippen LogP) is 6.14. The van der Waals surface area contributed by atoms with Crippen molar-refractivity contribution in [3.05, 3.63) is 101 Å². The number of likely N-dealkylation sites (N-methyl/N-ethyl adjacent to an activating group) is 1. The average molecular weight is 746 g/mol. The molecule has 0 aliphatic carbocycles. The fraction of sp³-hybridized carbons (Fsp3) is 0.219. The fourth-order valence-corrected chi connectivity index (χ4v) is 6.39. The van der Waals surface area contributed by atoms with Crippen LogP contribution in [0, 0.1) is 5.82 Å². The van der Waals surface area contributed by atoms with Crippen molar-refractivity contribution in [3.63, 3.8) is 0 Å². The number of nitrogens with one attached hydrogen (secondary N) is 3. The summed E-state index contributed by atoms with van der Waals surface area (Å²) < 4.78 is 55.7. The molecule has 0 bridgehead atoms. The first-order valence-corrected chi connectivity index (χ1v) is 16.9. The summed E-state index contributed by atoms with van der Waals surface area (Å²) in [5.74, 6) is -2.31. The van der Waals surface area contributed by atoms with Crippen LogP contribution in [0.2, 0.25) is 0 Å². The standard InChI is InChI=1S/C32H28F4IN7O2/c1-43-10-12-44(13-11-43)23-6-3-20(4-7-23)42-31-38-17-22(18-39-31)41-29(45)25-15-21(5-8-24(25)28-16-37-28)40-30(46)26-14-19(32(34,35)36)2-9-27(26)33/h2-9,14-15,17-18H,10-13,16H2,1H3,(H,40,46)(H,41,45)(H,38,39,42). The van der Waals surface area contributed by atoms with E-state index in [0.717, 1.165) is 51.1 Å². The largest absolute Gasteiger partial charge is 0.416 e. The van der Waals surface area contributed by atoms with E-state index in [1.807, 2.05) is 24.3 Å². The topological polar surface area (TPSA) is 102 Å². The van der Waals surface area contributed by atoms with Gasteiger partial charge in [-0.2, -0.15) is 13.2 Å². The monoisotopic (exact) mass is 745 g/mol. The molecule has 2 aliphatic heterocycles. The van der Waals surface area contributed by atoms with Crippen molar-refractivity contribution in [2.24, 2.45) is 0 Å².